The summed E-state index contributed by atoms with van der Waals surface area (Å²) in [6, 6.07) is 10.3. The average molecular weight is 396 g/mol. The van der Waals surface area contributed by atoms with Gasteiger partial charge in [0.2, 0.25) is 17.6 Å². The zero-order valence-corrected chi connectivity index (χ0v) is 17.3. The fourth-order valence-electron chi connectivity index (χ4n) is 2.88. The summed E-state index contributed by atoms with van der Waals surface area (Å²) in [5.74, 6) is 0.234. The van der Waals surface area contributed by atoms with Gasteiger partial charge < -0.3 is 9.84 Å². The van der Waals surface area contributed by atoms with E-state index in [2.05, 4.69) is 15.5 Å². The van der Waals surface area contributed by atoms with Gasteiger partial charge in [0.05, 0.1) is 12.6 Å². The van der Waals surface area contributed by atoms with Crippen LogP contribution in [0.1, 0.15) is 35.5 Å². The smallest absolute Gasteiger partial charge is 0.244 e. The molecule has 0 radical (unpaired) electrons. The maximum Gasteiger partial charge on any atom is 0.244 e. The molecule has 6 nitrogen and oxygen atoms in total. The Morgan fingerprint density at radius 3 is 2.69 bits per heavy atom. The van der Waals surface area contributed by atoms with E-state index < -0.39 is 0 Å². The van der Waals surface area contributed by atoms with Crippen LogP contribution in [0.4, 0.5) is 10.1 Å². The van der Waals surface area contributed by atoms with E-state index in [4.69, 9.17) is 4.52 Å². The van der Waals surface area contributed by atoms with E-state index in [-0.39, 0.29) is 24.3 Å². The molecule has 0 saturated carbocycles. The van der Waals surface area contributed by atoms with Gasteiger partial charge in [-0.05, 0) is 63.6 Å². The number of nitrogens with zero attached hydrogens (tertiary/aromatic N) is 3. The third kappa shape index (κ3) is 4.68. The highest BCUT2D eigenvalue weighted by Crippen LogP contribution is 2.23. The second kappa shape index (κ2) is 8.53. The molecule has 1 unspecified atom stereocenters. The lowest BCUT2D eigenvalue weighted by atomic mass is 10.1. The van der Waals surface area contributed by atoms with Gasteiger partial charge in [0, 0.05) is 11.3 Å². The summed E-state index contributed by atoms with van der Waals surface area (Å²) in [7, 11) is 1.81. The minimum atomic E-state index is -0.317. The number of rotatable bonds is 6. The molecule has 1 atom stereocenters. The first-order valence-electron chi connectivity index (χ1n) is 9.42. The van der Waals surface area contributed by atoms with E-state index in [0.717, 1.165) is 16.8 Å². The molecule has 1 N–H and O–H groups in total. The number of benzene rings is 2. The van der Waals surface area contributed by atoms with Crippen molar-refractivity contribution in [3.8, 4) is 11.4 Å². The Bertz CT molecular complexity index is 1030. The van der Waals surface area contributed by atoms with Crippen molar-refractivity contribution in [2.75, 3.05) is 18.9 Å². The topological polar surface area (TPSA) is 71.3 Å². The molecular weight excluding hydrogens is 371 g/mol. The summed E-state index contributed by atoms with van der Waals surface area (Å²) >= 11 is 0. The van der Waals surface area contributed by atoms with E-state index >= 15 is 0 Å². The van der Waals surface area contributed by atoms with Gasteiger partial charge in [-0.1, -0.05) is 29.4 Å². The van der Waals surface area contributed by atoms with Crippen molar-refractivity contribution >= 4 is 11.6 Å². The highest BCUT2D eigenvalue weighted by Gasteiger charge is 2.21. The molecule has 29 heavy (non-hydrogen) atoms. The first kappa shape index (κ1) is 20.7. The Morgan fingerprint density at radius 2 is 1.97 bits per heavy atom. The second-order valence-corrected chi connectivity index (χ2v) is 7.31. The number of amides is 1. The Morgan fingerprint density at radius 1 is 1.21 bits per heavy atom. The summed E-state index contributed by atoms with van der Waals surface area (Å²) in [6.07, 6.45) is 0. The normalized spacial score (nSPS) is 12.2. The van der Waals surface area contributed by atoms with Crippen LogP contribution in [0, 0.1) is 26.6 Å². The molecule has 0 fully saturated rings. The summed E-state index contributed by atoms with van der Waals surface area (Å²) in [5, 5.41) is 6.89. The van der Waals surface area contributed by atoms with Crippen molar-refractivity contribution in [3.63, 3.8) is 0 Å². The number of anilines is 1. The van der Waals surface area contributed by atoms with Gasteiger partial charge in [-0.2, -0.15) is 4.98 Å². The van der Waals surface area contributed by atoms with Crippen LogP contribution in [0.25, 0.3) is 11.4 Å². The van der Waals surface area contributed by atoms with Crippen LogP contribution in [-0.4, -0.2) is 34.5 Å². The van der Waals surface area contributed by atoms with E-state index in [1.54, 1.807) is 19.1 Å². The van der Waals surface area contributed by atoms with Crippen LogP contribution in [-0.2, 0) is 4.79 Å². The predicted octanol–water partition coefficient (Wildman–Crippen LogP) is 4.43. The molecule has 0 aliphatic rings. The third-order valence-corrected chi connectivity index (χ3v) is 5.16. The van der Waals surface area contributed by atoms with Crippen LogP contribution in [0.5, 0.6) is 0 Å². The van der Waals surface area contributed by atoms with Crippen molar-refractivity contribution in [1.29, 1.82) is 0 Å². The molecule has 2 aromatic carbocycles. The van der Waals surface area contributed by atoms with Gasteiger partial charge in [-0.15, -0.1) is 0 Å². The van der Waals surface area contributed by atoms with Crippen molar-refractivity contribution in [2.24, 2.45) is 0 Å². The van der Waals surface area contributed by atoms with Crippen LogP contribution < -0.4 is 5.32 Å². The third-order valence-electron chi connectivity index (χ3n) is 5.16. The lowest BCUT2D eigenvalue weighted by molar-refractivity contribution is -0.117. The first-order valence-corrected chi connectivity index (χ1v) is 9.42. The Balaban J connectivity index is 1.66. The summed E-state index contributed by atoms with van der Waals surface area (Å²) in [6.45, 7) is 7.71. The molecule has 0 spiro atoms. The van der Waals surface area contributed by atoms with Crippen LogP contribution in [0.15, 0.2) is 40.9 Å². The molecular formula is C22H25FN4O2. The quantitative estimate of drug-likeness (QED) is 0.667. The van der Waals surface area contributed by atoms with Crippen molar-refractivity contribution < 1.29 is 13.7 Å². The molecule has 152 valence electrons. The fourth-order valence-corrected chi connectivity index (χ4v) is 2.88. The second-order valence-electron chi connectivity index (χ2n) is 7.31. The van der Waals surface area contributed by atoms with Gasteiger partial charge >= 0.3 is 0 Å². The molecule has 0 aliphatic carbocycles. The predicted molar refractivity (Wildman–Crippen MR) is 110 cm³/mol. The Hall–Kier alpha value is -3.06. The maximum absolute atomic E-state index is 13.8. The van der Waals surface area contributed by atoms with Crippen LogP contribution in [0.3, 0.4) is 0 Å². The SMILES string of the molecule is Cc1ccc(-c2noc(C(C)N(C)CC(=O)Nc3cccc(C)c3C)n2)cc1F. The molecule has 0 aliphatic heterocycles. The summed E-state index contributed by atoms with van der Waals surface area (Å²) < 4.78 is 19.1. The minimum Gasteiger partial charge on any atom is -0.337 e. The van der Waals surface area contributed by atoms with Gasteiger partial charge in [0.15, 0.2) is 0 Å². The van der Waals surface area contributed by atoms with E-state index in [1.807, 2.05) is 50.9 Å². The van der Waals surface area contributed by atoms with E-state index in [9.17, 15) is 9.18 Å². The number of halogens is 1. The number of nitrogens with one attached hydrogen (secondary N) is 1. The standard InChI is InChI=1S/C22H25FN4O2/c1-13-7-6-8-19(15(13)3)24-20(28)12-27(5)16(4)22-25-21(26-29-22)17-10-9-14(2)18(23)11-17/h6-11,16H,12H2,1-5H3,(H,24,28). The van der Waals surface area contributed by atoms with Crippen molar-refractivity contribution in [1.82, 2.24) is 15.0 Å². The van der Waals surface area contributed by atoms with Gasteiger partial charge in [0.25, 0.3) is 0 Å². The van der Waals surface area contributed by atoms with Gasteiger partial charge in [-0.25, -0.2) is 4.39 Å². The number of aromatic nitrogens is 2. The number of hydrogen-bond donors (Lipinski definition) is 1. The fraction of sp³-hybridized carbons (Fsp3) is 0.318. The summed E-state index contributed by atoms with van der Waals surface area (Å²) in [5.41, 5.74) is 4.07. The highest BCUT2D eigenvalue weighted by molar-refractivity contribution is 5.93. The molecule has 1 aromatic heterocycles. The molecule has 0 bridgehead atoms. The molecule has 1 amide bonds. The maximum atomic E-state index is 13.8. The van der Waals surface area contributed by atoms with Crippen LogP contribution >= 0.6 is 0 Å². The van der Waals surface area contributed by atoms with E-state index in [1.165, 1.54) is 6.07 Å². The number of likely N-dealkylation sites (N-methyl/N-ethyl adjacent to an activating group) is 1. The number of aryl methyl sites for hydroxylation is 2. The van der Waals surface area contributed by atoms with Crippen LogP contribution in [0.2, 0.25) is 0 Å². The molecule has 3 rings (SSSR count). The lowest BCUT2D eigenvalue weighted by Crippen LogP contribution is -2.32. The van der Waals surface area contributed by atoms with E-state index in [0.29, 0.717) is 22.8 Å². The van der Waals surface area contributed by atoms with Crippen molar-refractivity contribution in [3.05, 3.63) is 64.8 Å². The number of carbonyl (C=O) groups excluding carboxylic acids is 1. The lowest BCUT2D eigenvalue weighted by Gasteiger charge is -2.21. The number of hydrogen-bond acceptors (Lipinski definition) is 5. The van der Waals surface area contributed by atoms with Crippen molar-refractivity contribution in [2.45, 2.75) is 33.7 Å². The van der Waals surface area contributed by atoms with Gasteiger partial charge in [0.1, 0.15) is 5.82 Å². The average Bonchev–Trinajstić information content (AvgIpc) is 3.17. The largest absolute Gasteiger partial charge is 0.337 e. The summed E-state index contributed by atoms with van der Waals surface area (Å²) in [4.78, 5) is 18.6. The number of carbonyl (C=O) groups is 1. The van der Waals surface area contributed by atoms with Gasteiger partial charge in [-0.3, -0.25) is 9.69 Å². The Labute approximate surface area is 169 Å². The highest BCUT2D eigenvalue weighted by atomic mass is 19.1. The zero-order chi connectivity index (χ0) is 21.1. The Kier molecular flexibility index (Phi) is 6.08. The molecule has 7 heteroatoms. The molecule has 0 saturated heterocycles. The first-order chi connectivity index (χ1) is 13.8. The zero-order valence-electron chi connectivity index (χ0n) is 17.3. The minimum absolute atomic E-state index is 0.131. The monoisotopic (exact) mass is 396 g/mol. The molecule has 3 aromatic rings. The molecule has 1 heterocycles.